The fourth-order valence-electron chi connectivity index (χ4n) is 4.93. The van der Waals surface area contributed by atoms with Gasteiger partial charge in [-0.15, -0.1) is 0 Å². The predicted molar refractivity (Wildman–Crippen MR) is 116 cm³/mol. The maximum absolute atomic E-state index is 12.8. The molecule has 178 valence electrons. The summed E-state index contributed by atoms with van der Waals surface area (Å²) in [5.74, 6) is -0.899. The van der Waals surface area contributed by atoms with Gasteiger partial charge in [0.25, 0.3) is 0 Å². The molecule has 0 N–H and O–H groups in total. The Kier molecular flexibility index (Phi) is 6.63. The van der Waals surface area contributed by atoms with Crippen LogP contribution in [0.5, 0.6) is 0 Å². The van der Waals surface area contributed by atoms with Gasteiger partial charge in [-0.2, -0.15) is 13.2 Å². The molecule has 1 aliphatic carbocycles. The number of carbonyl (C=O) groups is 2. The molecule has 4 rings (SSSR count). The summed E-state index contributed by atoms with van der Waals surface area (Å²) in [6.45, 7) is 4.48. The average Bonchev–Trinajstić information content (AvgIpc) is 3.20. The molecule has 6 nitrogen and oxygen atoms in total. The highest BCUT2D eigenvalue weighted by atomic mass is 19.4. The number of esters is 1. The lowest BCUT2D eigenvalue weighted by molar-refractivity contribution is -0.139. The Labute approximate surface area is 191 Å². The van der Waals surface area contributed by atoms with E-state index in [1.165, 1.54) is 24.1 Å². The maximum Gasteiger partial charge on any atom is 0.416 e. The predicted octanol–water partition coefficient (Wildman–Crippen LogP) is 2.91. The van der Waals surface area contributed by atoms with E-state index in [4.69, 9.17) is 4.74 Å². The van der Waals surface area contributed by atoms with E-state index in [0.717, 1.165) is 49.4 Å². The Morgan fingerprint density at radius 3 is 2.24 bits per heavy atom. The number of methoxy groups -OCH3 is 1. The van der Waals surface area contributed by atoms with Gasteiger partial charge in [0.15, 0.2) is 0 Å². The second-order valence-electron chi connectivity index (χ2n) is 8.87. The molecule has 1 amide bonds. The number of allylic oxidation sites excluding steroid dienone is 1. The van der Waals surface area contributed by atoms with Crippen molar-refractivity contribution in [1.29, 1.82) is 0 Å². The molecular weight excluding hydrogens is 435 g/mol. The lowest BCUT2D eigenvalue weighted by Crippen LogP contribution is -2.47. The molecule has 3 aliphatic rings. The van der Waals surface area contributed by atoms with Crippen molar-refractivity contribution >= 4 is 11.9 Å². The van der Waals surface area contributed by atoms with Crippen LogP contribution in [0.2, 0.25) is 0 Å². The zero-order valence-electron chi connectivity index (χ0n) is 18.8. The Morgan fingerprint density at radius 1 is 1.06 bits per heavy atom. The summed E-state index contributed by atoms with van der Waals surface area (Å²) in [6, 6.07) is 5.33. The first-order chi connectivity index (χ1) is 15.7. The van der Waals surface area contributed by atoms with Crippen molar-refractivity contribution < 1.29 is 27.5 Å². The number of hydrogen-bond donors (Lipinski definition) is 0. The number of nitrogens with zero attached hydrogens (tertiary/aromatic N) is 3. The standard InChI is InChI=1S/C24H28F3N3O3/c1-28-15-20(23(32)33-2)19-8-5-17(21(19)22(28)31)14-30-11-9-29(10-12-30)13-16-3-6-18(7-4-16)24(25,26)27/h3-7,15,19,21H,8-14H2,1-2H3/t19-,21-/m1/s1. The first kappa shape index (κ1) is 23.5. The van der Waals surface area contributed by atoms with Gasteiger partial charge in [0.2, 0.25) is 5.91 Å². The molecule has 2 aliphatic heterocycles. The summed E-state index contributed by atoms with van der Waals surface area (Å²) in [5, 5.41) is 0. The van der Waals surface area contributed by atoms with Gasteiger partial charge in [0.1, 0.15) is 0 Å². The minimum atomic E-state index is -4.32. The van der Waals surface area contributed by atoms with Crippen molar-refractivity contribution in [1.82, 2.24) is 14.7 Å². The van der Waals surface area contributed by atoms with E-state index in [1.807, 2.05) is 0 Å². The largest absolute Gasteiger partial charge is 0.466 e. The second-order valence-corrected chi connectivity index (χ2v) is 8.87. The van der Waals surface area contributed by atoms with E-state index in [9.17, 15) is 22.8 Å². The molecule has 1 fully saturated rings. The van der Waals surface area contributed by atoms with Crippen LogP contribution < -0.4 is 0 Å². The topological polar surface area (TPSA) is 53.1 Å². The maximum atomic E-state index is 12.8. The molecule has 0 aromatic heterocycles. The van der Waals surface area contributed by atoms with E-state index < -0.39 is 17.7 Å². The van der Waals surface area contributed by atoms with Gasteiger partial charge in [-0.05, 0) is 29.7 Å². The molecule has 1 aromatic carbocycles. The number of benzene rings is 1. The Balaban J connectivity index is 1.32. The van der Waals surface area contributed by atoms with Crippen LogP contribution in [0.3, 0.4) is 0 Å². The Bertz CT molecular complexity index is 963. The Hall–Kier alpha value is -2.65. The molecule has 33 heavy (non-hydrogen) atoms. The number of piperazine rings is 1. The van der Waals surface area contributed by atoms with Crippen LogP contribution in [0.4, 0.5) is 13.2 Å². The smallest absolute Gasteiger partial charge is 0.416 e. The van der Waals surface area contributed by atoms with Crippen molar-refractivity contribution in [3.8, 4) is 0 Å². The normalized spacial score (nSPS) is 24.4. The third-order valence-electron chi connectivity index (χ3n) is 6.76. The van der Waals surface area contributed by atoms with Gasteiger partial charge in [0.05, 0.1) is 24.2 Å². The molecule has 0 spiro atoms. The third-order valence-corrected chi connectivity index (χ3v) is 6.76. The molecule has 9 heteroatoms. The van der Waals surface area contributed by atoms with Crippen molar-refractivity contribution in [2.24, 2.45) is 11.8 Å². The third kappa shape index (κ3) is 4.99. The number of ether oxygens (including phenoxy) is 1. The van der Waals surface area contributed by atoms with Gasteiger partial charge in [-0.25, -0.2) is 4.79 Å². The SMILES string of the molecule is COC(=O)C1=CN(C)C(=O)[C@@H]2C(CN3CCN(Cc4ccc(C(F)(F)F)cc4)CC3)=CC[C@H]12. The van der Waals surface area contributed by atoms with Crippen LogP contribution in [0.25, 0.3) is 0 Å². The van der Waals surface area contributed by atoms with E-state index >= 15 is 0 Å². The van der Waals surface area contributed by atoms with Crippen LogP contribution in [0.15, 0.2) is 47.7 Å². The zero-order valence-corrected chi connectivity index (χ0v) is 18.8. The molecule has 0 radical (unpaired) electrons. The minimum Gasteiger partial charge on any atom is -0.466 e. The fraction of sp³-hybridized carbons (Fsp3) is 0.500. The van der Waals surface area contributed by atoms with Gasteiger partial charge < -0.3 is 9.64 Å². The second kappa shape index (κ2) is 9.30. The number of fused-ring (bicyclic) bond motifs is 1. The highest BCUT2D eigenvalue weighted by Crippen LogP contribution is 2.41. The van der Waals surface area contributed by atoms with E-state index in [0.29, 0.717) is 25.1 Å². The van der Waals surface area contributed by atoms with E-state index in [2.05, 4.69) is 15.9 Å². The quantitative estimate of drug-likeness (QED) is 0.497. The van der Waals surface area contributed by atoms with Crippen LogP contribution in [0.1, 0.15) is 17.5 Å². The first-order valence-corrected chi connectivity index (χ1v) is 11.0. The molecule has 2 atom stereocenters. The highest BCUT2D eigenvalue weighted by Gasteiger charge is 2.44. The number of carbonyl (C=O) groups excluding carboxylic acids is 2. The van der Waals surface area contributed by atoms with Crippen molar-refractivity contribution in [2.75, 3.05) is 46.9 Å². The molecule has 1 saturated heterocycles. The van der Waals surface area contributed by atoms with Crippen molar-refractivity contribution in [2.45, 2.75) is 19.1 Å². The monoisotopic (exact) mass is 463 g/mol. The zero-order chi connectivity index (χ0) is 23.8. The summed E-state index contributed by atoms with van der Waals surface area (Å²) in [7, 11) is 3.01. The molecular formula is C24H28F3N3O3. The fourth-order valence-corrected chi connectivity index (χ4v) is 4.93. The summed E-state index contributed by atoms with van der Waals surface area (Å²) in [4.78, 5) is 31.0. The van der Waals surface area contributed by atoms with Gasteiger partial charge in [-0.1, -0.05) is 18.2 Å². The first-order valence-electron chi connectivity index (χ1n) is 11.0. The van der Waals surface area contributed by atoms with Crippen molar-refractivity contribution in [3.63, 3.8) is 0 Å². The molecule has 2 heterocycles. The number of halogens is 3. The molecule has 1 aromatic rings. The molecule has 0 saturated carbocycles. The number of amides is 1. The summed E-state index contributed by atoms with van der Waals surface area (Å²) in [6.07, 6.45) is -0.00169. The van der Waals surface area contributed by atoms with Crippen LogP contribution in [0, 0.1) is 11.8 Å². The summed E-state index contributed by atoms with van der Waals surface area (Å²) < 4.78 is 43.2. The molecule has 0 bridgehead atoms. The highest BCUT2D eigenvalue weighted by molar-refractivity contribution is 5.95. The van der Waals surface area contributed by atoms with E-state index in [-0.39, 0.29) is 17.7 Å². The Morgan fingerprint density at radius 2 is 1.67 bits per heavy atom. The van der Waals surface area contributed by atoms with Gasteiger partial charge in [-0.3, -0.25) is 14.6 Å². The van der Waals surface area contributed by atoms with Crippen LogP contribution >= 0.6 is 0 Å². The van der Waals surface area contributed by atoms with Gasteiger partial charge >= 0.3 is 12.1 Å². The van der Waals surface area contributed by atoms with Crippen molar-refractivity contribution in [3.05, 3.63) is 58.8 Å². The lowest BCUT2D eigenvalue weighted by atomic mass is 9.82. The lowest BCUT2D eigenvalue weighted by Gasteiger charge is -2.37. The minimum absolute atomic E-state index is 0.00246. The summed E-state index contributed by atoms with van der Waals surface area (Å²) >= 11 is 0. The number of alkyl halides is 3. The van der Waals surface area contributed by atoms with Gasteiger partial charge in [0, 0.05) is 58.4 Å². The number of hydrogen-bond acceptors (Lipinski definition) is 5. The summed E-state index contributed by atoms with van der Waals surface area (Å²) in [5.41, 5.74) is 1.81. The average molecular weight is 464 g/mol. The molecule has 0 unspecified atom stereocenters. The van der Waals surface area contributed by atoms with Crippen LogP contribution in [-0.2, 0) is 27.0 Å². The van der Waals surface area contributed by atoms with Crippen LogP contribution in [-0.4, -0.2) is 73.5 Å². The van der Waals surface area contributed by atoms with E-state index in [1.54, 1.807) is 13.2 Å². The number of rotatable bonds is 5.